The van der Waals surface area contributed by atoms with Gasteiger partial charge in [-0.3, -0.25) is 9.78 Å². The van der Waals surface area contributed by atoms with E-state index in [0.717, 1.165) is 41.3 Å². The molecular formula is C22H25N3O2. The zero-order valence-corrected chi connectivity index (χ0v) is 16.0. The van der Waals surface area contributed by atoms with E-state index in [4.69, 9.17) is 4.74 Å². The molecule has 0 amide bonds. The van der Waals surface area contributed by atoms with Crippen LogP contribution in [0.2, 0.25) is 0 Å². The Morgan fingerprint density at radius 2 is 1.70 bits per heavy atom. The van der Waals surface area contributed by atoms with Crippen molar-refractivity contribution in [3.8, 4) is 11.5 Å². The van der Waals surface area contributed by atoms with Crippen LogP contribution in [0.5, 0.6) is 11.5 Å². The number of hydrogen-bond acceptors (Lipinski definition) is 4. The molecule has 0 fully saturated rings. The van der Waals surface area contributed by atoms with Crippen LogP contribution < -0.4 is 15.6 Å². The van der Waals surface area contributed by atoms with Crippen molar-refractivity contribution in [3.05, 3.63) is 76.2 Å². The Morgan fingerprint density at radius 3 is 2.33 bits per heavy atom. The molecule has 2 aromatic carbocycles. The van der Waals surface area contributed by atoms with E-state index in [2.05, 4.69) is 29.1 Å². The molecule has 2 N–H and O–H groups in total. The summed E-state index contributed by atoms with van der Waals surface area (Å²) < 4.78 is 5.78. The highest BCUT2D eigenvalue weighted by molar-refractivity contribution is 5.55. The van der Waals surface area contributed by atoms with Crippen molar-refractivity contribution in [1.29, 1.82) is 0 Å². The Kier molecular flexibility index (Phi) is 5.91. The number of nitrogens with one attached hydrogen (secondary N) is 2. The lowest BCUT2D eigenvalue weighted by Gasteiger charge is -2.11. The molecule has 0 aliphatic carbocycles. The van der Waals surface area contributed by atoms with Gasteiger partial charge in [0.05, 0.1) is 0 Å². The second kappa shape index (κ2) is 8.54. The molecule has 0 aliphatic rings. The summed E-state index contributed by atoms with van der Waals surface area (Å²) in [6.45, 7) is 6.18. The zero-order chi connectivity index (χ0) is 19.2. The first-order valence-corrected chi connectivity index (χ1v) is 9.21. The molecule has 5 nitrogen and oxygen atoms in total. The van der Waals surface area contributed by atoms with Crippen LogP contribution in [0.3, 0.4) is 0 Å². The Labute approximate surface area is 159 Å². The largest absolute Gasteiger partial charge is 0.457 e. The summed E-state index contributed by atoms with van der Waals surface area (Å²) in [5.74, 6) is 2.53. The van der Waals surface area contributed by atoms with Crippen molar-refractivity contribution >= 4 is 11.6 Å². The maximum absolute atomic E-state index is 12.4. The van der Waals surface area contributed by atoms with Crippen molar-refractivity contribution in [2.24, 2.45) is 5.92 Å². The molecule has 1 heterocycles. The number of H-pyrrole nitrogens is 1. The summed E-state index contributed by atoms with van der Waals surface area (Å²) in [4.78, 5) is 19.7. The Hall–Kier alpha value is -3.08. The Morgan fingerprint density at radius 1 is 1.04 bits per heavy atom. The van der Waals surface area contributed by atoms with Gasteiger partial charge in [-0.2, -0.15) is 0 Å². The molecule has 0 spiro atoms. The number of aryl methyl sites for hydroxylation is 1. The number of aromatic amines is 1. The number of aromatic nitrogens is 2. The third-order valence-corrected chi connectivity index (χ3v) is 4.29. The van der Waals surface area contributed by atoms with Gasteiger partial charge in [-0.1, -0.05) is 32.0 Å². The molecule has 27 heavy (non-hydrogen) atoms. The van der Waals surface area contributed by atoms with Gasteiger partial charge in [0.25, 0.3) is 5.56 Å². The SMILES string of the molecule is Cc1nc(Nc2ccc(Oc3ccccc3)cc2)[nH]c(=O)c1CCC(C)C. The van der Waals surface area contributed by atoms with E-state index in [1.54, 1.807) is 0 Å². The molecule has 5 heteroatoms. The minimum atomic E-state index is -0.0744. The van der Waals surface area contributed by atoms with Crippen molar-refractivity contribution in [2.45, 2.75) is 33.6 Å². The van der Waals surface area contributed by atoms with Crippen LogP contribution in [0, 0.1) is 12.8 Å². The summed E-state index contributed by atoms with van der Waals surface area (Å²) >= 11 is 0. The highest BCUT2D eigenvalue weighted by Crippen LogP contribution is 2.23. The second-order valence-electron chi connectivity index (χ2n) is 6.98. The molecule has 0 radical (unpaired) electrons. The predicted octanol–water partition coefficient (Wildman–Crippen LogP) is 5.20. The van der Waals surface area contributed by atoms with Gasteiger partial charge in [0.15, 0.2) is 0 Å². The Bertz CT molecular complexity index is 932. The van der Waals surface area contributed by atoms with Gasteiger partial charge < -0.3 is 10.1 Å². The quantitative estimate of drug-likeness (QED) is 0.605. The number of rotatable bonds is 7. The zero-order valence-electron chi connectivity index (χ0n) is 16.0. The van der Waals surface area contributed by atoms with Crippen LogP contribution in [0.1, 0.15) is 31.5 Å². The van der Waals surface area contributed by atoms with E-state index in [-0.39, 0.29) is 5.56 Å². The summed E-state index contributed by atoms with van der Waals surface area (Å²) in [6.07, 6.45) is 1.72. The molecule has 1 aromatic heterocycles. The van der Waals surface area contributed by atoms with E-state index >= 15 is 0 Å². The highest BCUT2D eigenvalue weighted by atomic mass is 16.5. The third-order valence-electron chi connectivity index (χ3n) is 4.29. The van der Waals surface area contributed by atoms with Crippen molar-refractivity contribution in [2.75, 3.05) is 5.32 Å². The molecule has 0 atom stereocenters. The number of hydrogen-bond donors (Lipinski definition) is 2. The van der Waals surface area contributed by atoms with Gasteiger partial charge in [-0.15, -0.1) is 0 Å². The van der Waals surface area contributed by atoms with Crippen LogP contribution in [0.4, 0.5) is 11.6 Å². The van der Waals surface area contributed by atoms with E-state index in [0.29, 0.717) is 11.9 Å². The summed E-state index contributed by atoms with van der Waals surface area (Å²) in [7, 11) is 0. The van der Waals surface area contributed by atoms with Gasteiger partial charge in [-0.25, -0.2) is 4.98 Å². The topological polar surface area (TPSA) is 67.0 Å². The predicted molar refractivity (Wildman–Crippen MR) is 109 cm³/mol. The van der Waals surface area contributed by atoms with Gasteiger partial charge in [-0.05, 0) is 62.1 Å². The van der Waals surface area contributed by atoms with Gasteiger partial charge in [0, 0.05) is 16.9 Å². The molecule has 0 saturated carbocycles. The number of nitrogens with zero attached hydrogens (tertiary/aromatic N) is 1. The molecular weight excluding hydrogens is 338 g/mol. The van der Waals surface area contributed by atoms with Gasteiger partial charge >= 0.3 is 0 Å². The number of para-hydroxylation sites is 1. The maximum atomic E-state index is 12.4. The maximum Gasteiger partial charge on any atom is 0.255 e. The second-order valence-corrected chi connectivity index (χ2v) is 6.98. The lowest BCUT2D eigenvalue weighted by molar-refractivity contribution is 0.483. The van der Waals surface area contributed by atoms with Gasteiger partial charge in [0.2, 0.25) is 5.95 Å². The molecule has 140 valence electrons. The molecule has 3 aromatic rings. The monoisotopic (exact) mass is 363 g/mol. The average Bonchev–Trinajstić information content (AvgIpc) is 2.63. The van der Waals surface area contributed by atoms with E-state index < -0.39 is 0 Å². The van der Waals surface area contributed by atoms with Crippen molar-refractivity contribution in [1.82, 2.24) is 9.97 Å². The third kappa shape index (κ3) is 5.20. The smallest absolute Gasteiger partial charge is 0.255 e. The van der Waals surface area contributed by atoms with E-state index in [1.165, 1.54) is 0 Å². The summed E-state index contributed by atoms with van der Waals surface area (Å²) in [6, 6.07) is 17.1. The van der Waals surface area contributed by atoms with Crippen LogP contribution in [-0.4, -0.2) is 9.97 Å². The molecule has 0 saturated heterocycles. The minimum absolute atomic E-state index is 0.0744. The molecule has 0 unspecified atom stereocenters. The lowest BCUT2D eigenvalue weighted by Crippen LogP contribution is -2.18. The number of anilines is 2. The van der Waals surface area contributed by atoms with Crippen LogP contribution in [0.15, 0.2) is 59.4 Å². The van der Waals surface area contributed by atoms with Crippen molar-refractivity contribution in [3.63, 3.8) is 0 Å². The van der Waals surface area contributed by atoms with E-state index in [9.17, 15) is 4.79 Å². The summed E-state index contributed by atoms with van der Waals surface area (Å²) in [5.41, 5.74) is 2.29. The first-order valence-electron chi connectivity index (χ1n) is 9.21. The van der Waals surface area contributed by atoms with Crippen molar-refractivity contribution < 1.29 is 4.74 Å². The number of ether oxygens (including phenoxy) is 1. The lowest BCUT2D eigenvalue weighted by atomic mass is 10.0. The normalized spacial score (nSPS) is 10.8. The van der Waals surface area contributed by atoms with E-state index in [1.807, 2.05) is 61.5 Å². The molecule has 3 rings (SSSR count). The first-order chi connectivity index (χ1) is 13.0. The fourth-order valence-electron chi connectivity index (χ4n) is 2.76. The highest BCUT2D eigenvalue weighted by Gasteiger charge is 2.09. The molecule has 0 bridgehead atoms. The number of benzene rings is 2. The van der Waals surface area contributed by atoms with Gasteiger partial charge in [0.1, 0.15) is 11.5 Å². The minimum Gasteiger partial charge on any atom is -0.457 e. The van der Waals surface area contributed by atoms with Crippen LogP contribution in [0.25, 0.3) is 0 Å². The van der Waals surface area contributed by atoms with Crippen LogP contribution >= 0.6 is 0 Å². The fraction of sp³-hybridized carbons (Fsp3) is 0.273. The fourth-order valence-corrected chi connectivity index (χ4v) is 2.76. The summed E-state index contributed by atoms with van der Waals surface area (Å²) in [5, 5.41) is 3.15. The first kappa shape index (κ1) is 18.7. The molecule has 0 aliphatic heterocycles. The standard InChI is InChI=1S/C22H25N3O2/c1-15(2)9-14-20-16(3)23-22(25-21(20)26)24-17-10-12-19(13-11-17)27-18-7-5-4-6-8-18/h4-8,10-13,15H,9,14H2,1-3H3,(H2,23,24,25,26). The average molecular weight is 363 g/mol. The Balaban J connectivity index is 1.69. The van der Waals surface area contributed by atoms with Crippen LogP contribution in [-0.2, 0) is 6.42 Å².